The minimum atomic E-state index is -0.369. The van der Waals surface area contributed by atoms with Crippen LogP contribution in [0.5, 0.6) is 11.5 Å². The van der Waals surface area contributed by atoms with Gasteiger partial charge in [0.1, 0.15) is 31.3 Å². The molecule has 0 spiro atoms. The molecule has 0 aliphatic carbocycles. The van der Waals surface area contributed by atoms with Crippen LogP contribution in [0.3, 0.4) is 0 Å². The van der Waals surface area contributed by atoms with Crippen LogP contribution in [0.1, 0.15) is 5.56 Å². The van der Waals surface area contributed by atoms with Crippen LogP contribution in [-0.4, -0.2) is 25.8 Å². The number of para-hydroxylation sites is 2. The van der Waals surface area contributed by atoms with Gasteiger partial charge in [0.05, 0.1) is 5.57 Å². The second-order valence-electron chi connectivity index (χ2n) is 4.79. The Balaban J connectivity index is 1.50. The fourth-order valence-corrected chi connectivity index (χ4v) is 2.14. The summed E-state index contributed by atoms with van der Waals surface area (Å²) >= 11 is 0. The summed E-state index contributed by atoms with van der Waals surface area (Å²) in [4.78, 5) is 12.0. The number of ether oxygens (including phenoxy) is 3. The number of rotatable bonds is 5. The van der Waals surface area contributed by atoms with Gasteiger partial charge in [0.2, 0.25) is 0 Å². The number of hydrogen-bond donors (Lipinski definition) is 0. The van der Waals surface area contributed by atoms with Gasteiger partial charge in [-0.05, 0) is 24.3 Å². The van der Waals surface area contributed by atoms with Crippen molar-refractivity contribution in [2.24, 2.45) is 0 Å². The van der Waals surface area contributed by atoms with Crippen LogP contribution in [0.25, 0.3) is 6.08 Å². The Labute approximate surface area is 128 Å². The molecule has 22 heavy (non-hydrogen) atoms. The fraction of sp³-hybridized carbons (Fsp3) is 0.167. The number of carbonyl (C=O) groups excluding carboxylic acids is 1. The lowest BCUT2D eigenvalue weighted by molar-refractivity contribution is -0.140. The van der Waals surface area contributed by atoms with Gasteiger partial charge in [-0.1, -0.05) is 36.4 Å². The molecule has 0 amide bonds. The lowest BCUT2D eigenvalue weighted by Crippen LogP contribution is -2.19. The summed E-state index contributed by atoms with van der Waals surface area (Å²) < 4.78 is 16.2. The molecule has 0 radical (unpaired) electrons. The molecule has 1 aliphatic rings. The number of hydrogen-bond acceptors (Lipinski definition) is 4. The first-order valence-electron chi connectivity index (χ1n) is 7.10. The van der Waals surface area contributed by atoms with E-state index >= 15 is 0 Å². The van der Waals surface area contributed by atoms with Gasteiger partial charge < -0.3 is 14.2 Å². The first-order chi connectivity index (χ1) is 10.8. The van der Waals surface area contributed by atoms with Gasteiger partial charge in [-0.15, -0.1) is 0 Å². The Morgan fingerprint density at radius 2 is 1.77 bits per heavy atom. The number of benzene rings is 2. The summed E-state index contributed by atoms with van der Waals surface area (Å²) in [5.41, 5.74) is 1.40. The summed E-state index contributed by atoms with van der Waals surface area (Å²) in [7, 11) is 0. The first-order valence-corrected chi connectivity index (χ1v) is 7.10. The van der Waals surface area contributed by atoms with Crippen molar-refractivity contribution in [1.29, 1.82) is 0 Å². The van der Waals surface area contributed by atoms with Crippen molar-refractivity contribution in [2.75, 3.05) is 19.8 Å². The quantitative estimate of drug-likeness (QED) is 0.628. The molecule has 3 rings (SSSR count). The zero-order valence-corrected chi connectivity index (χ0v) is 12.0. The van der Waals surface area contributed by atoms with Crippen molar-refractivity contribution in [3.05, 3.63) is 65.7 Å². The molecule has 2 aromatic rings. The van der Waals surface area contributed by atoms with Crippen LogP contribution in [0.2, 0.25) is 0 Å². The molecule has 0 saturated carbocycles. The van der Waals surface area contributed by atoms with Crippen molar-refractivity contribution in [2.45, 2.75) is 0 Å². The van der Waals surface area contributed by atoms with E-state index in [1.54, 1.807) is 6.08 Å². The van der Waals surface area contributed by atoms with Crippen molar-refractivity contribution >= 4 is 12.0 Å². The average molecular weight is 296 g/mol. The van der Waals surface area contributed by atoms with Crippen LogP contribution >= 0.6 is 0 Å². The molecule has 0 N–H and O–H groups in total. The number of fused-ring (bicyclic) bond motifs is 1. The maximum atomic E-state index is 12.0. The van der Waals surface area contributed by atoms with Crippen LogP contribution < -0.4 is 9.47 Å². The van der Waals surface area contributed by atoms with Crippen molar-refractivity contribution in [3.63, 3.8) is 0 Å². The SMILES string of the molecule is O=C(OCCOc1ccccc1)C1=Cc2ccccc2OC1. The highest BCUT2D eigenvalue weighted by atomic mass is 16.6. The maximum Gasteiger partial charge on any atom is 0.337 e. The van der Waals surface area contributed by atoms with E-state index in [4.69, 9.17) is 14.2 Å². The highest BCUT2D eigenvalue weighted by Crippen LogP contribution is 2.26. The predicted octanol–water partition coefficient (Wildman–Crippen LogP) is 3.08. The molecule has 1 aliphatic heterocycles. The van der Waals surface area contributed by atoms with Gasteiger partial charge in [-0.25, -0.2) is 4.79 Å². The van der Waals surface area contributed by atoms with E-state index in [1.165, 1.54) is 0 Å². The van der Waals surface area contributed by atoms with E-state index < -0.39 is 0 Å². The minimum Gasteiger partial charge on any atom is -0.490 e. The summed E-state index contributed by atoms with van der Waals surface area (Å²) in [5, 5.41) is 0. The van der Waals surface area contributed by atoms with Crippen LogP contribution in [0, 0.1) is 0 Å². The molecule has 0 aromatic heterocycles. The Hall–Kier alpha value is -2.75. The van der Waals surface area contributed by atoms with Crippen molar-refractivity contribution < 1.29 is 19.0 Å². The average Bonchev–Trinajstić information content (AvgIpc) is 2.59. The van der Waals surface area contributed by atoms with Crippen molar-refractivity contribution in [1.82, 2.24) is 0 Å². The first kappa shape index (κ1) is 14.2. The summed E-state index contributed by atoms with van der Waals surface area (Å²) in [6.07, 6.45) is 1.80. The molecule has 1 heterocycles. The second kappa shape index (κ2) is 6.80. The largest absolute Gasteiger partial charge is 0.490 e. The zero-order valence-electron chi connectivity index (χ0n) is 12.0. The van der Waals surface area contributed by atoms with Crippen LogP contribution in [0.15, 0.2) is 60.2 Å². The molecular weight excluding hydrogens is 280 g/mol. The molecule has 4 heteroatoms. The molecule has 0 atom stereocenters. The Morgan fingerprint density at radius 1 is 1.00 bits per heavy atom. The van der Waals surface area contributed by atoms with E-state index in [-0.39, 0.29) is 19.2 Å². The highest BCUT2D eigenvalue weighted by Gasteiger charge is 2.17. The van der Waals surface area contributed by atoms with E-state index in [2.05, 4.69) is 0 Å². The minimum absolute atomic E-state index is 0.201. The summed E-state index contributed by atoms with van der Waals surface area (Å²) in [6, 6.07) is 17.0. The van der Waals surface area contributed by atoms with Gasteiger partial charge in [0.15, 0.2) is 0 Å². The Morgan fingerprint density at radius 3 is 2.64 bits per heavy atom. The van der Waals surface area contributed by atoms with Crippen LogP contribution in [-0.2, 0) is 9.53 Å². The topological polar surface area (TPSA) is 44.8 Å². The number of esters is 1. The van der Waals surface area contributed by atoms with Gasteiger partial charge in [-0.2, -0.15) is 0 Å². The van der Waals surface area contributed by atoms with Gasteiger partial charge in [-0.3, -0.25) is 0 Å². The molecular formula is C18H16O4. The summed E-state index contributed by atoms with van der Waals surface area (Å²) in [5.74, 6) is 1.17. The molecule has 0 bridgehead atoms. The van der Waals surface area contributed by atoms with E-state index in [9.17, 15) is 4.79 Å². The third-order valence-corrected chi connectivity index (χ3v) is 3.22. The number of carbonyl (C=O) groups is 1. The van der Waals surface area contributed by atoms with Gasteiger partial charge >= 0.3 is 5.97 Å². The Bertz CT molecular complexity index is 676. The third-order valence-electron chi connectivity index (χ3n) is 3.22. The van der Waals surface area contributed by atoms with E-state index in [0.29, 0.717) is 12.2 Å². The zero-order chi connectivity index (χ0) is 15.2. The molecule has 0 saturated heterocycles. The monoisotopic (exact) mass is 296 g/mol. The lowest BCUT2D eigenvalue weighted by atomic mass is 10.1. The van der Waals surface area contributed by atoms with Gasteiger partial charge in [0.25, 0.3) is 0 Å². The standard InChI is InChI=1S/C18H16O4/c19-18(21-11-10-20-16-7-2-1-3-8-16)15-12-14-6-4-5-9-17(14)22-13-15/h1-9,12H,10-11,13H2. The molecule has 112 valence electrons. The molecule has 4 nitrogen and oxygen atoms in total. The lowest BCUT2D eigenvalue weighted by Gasteiger charge is -2.17. The van der Waals surface area contributed by atoms with Crippen LogP contribution in [0.4, 0.5) is 0 Å². The van der Waals surface area contributed by atoms with Gasteiger partial charge in [0, 0.05) is 5.56 Å². The second-order valence-corrected chi connectivity index (χ2v) is 4.79. The Kier molecular flexibility index (Phi) is 4.39. The molecule has 2 aromatic carbocycles. The smallest absolute Gasteiger partial charge is 0.337 e. The third kappa shape index (κ3) is 3.47. The molecule has 0 fully saturated rings. The van der Waals surface area contributed by atoms with Crippen molar-refractivity contribution in [3.8, 4) is 11.5 Å². The van der Waals surface area contributed by atoms with E-state index in [0.717, 1.165) is 17.1 Å². The summed E-state index contributed by atoms with van der Waals surface area (Å²) in [6.45, 7) is 0.753. The highest BCUT2D eigenvalue weighted by molar-refractivity contribution is 5.95. The van der Waals surface area contributed by atoms with E-state index in [1.807, 2.05) is 54.6 Å². The normalized spacial score (nSPS) is 12.6. The fourth-order valence-electron chi connectivity index (χ4n) is 2.14. The maximum absolute atomic E-state index is 12.0. The molecule has 0 unspecified atom stereocenters. The predicted molar refractivity (Wildman–Crippen MR) is 82.8 cm³/mol.